The normalized spacial score (nSPS) is 16.3. The van der Waals surface area contributed by atoms with Gasteiger partial charge in [0.25, 0.3) is 0 Å². The van der Waals surface area contributed by atoms with E-state index in [0.717, 1.165) is 25.7 Å². The van der Waals surface area contributed by atoms with Gasteiger partial charge in [0.2, 0.25) is 0 Å². The average Bonchev–Trinajstić information content (AvgIpc) is 3.08. The Morgan fingerprint density at radius 3 is 2.52 bits per heavy atom. The zero-order valence-corrected chi connectivity index (χ0v) is 11.3. The van der Waals surface area contributed by atoms with Crippen LogP contribution in [-0.4, -0.2) is 16.1 Å². The Kier molecular flexibility index (Phi) is 3.61. The lowest BCUT2D eigenvalue weighted by Gasteiger charge is -2.17. The smallest absolute Gasteiger partial charge is 0.405 e. The van der Waals surface area contributed by atoms with Gasteiger partial charge in [0.1, 0.15) is 5.75 Å². The number of benzene rings is 1. The maximum atomic E-state index is 12.5. The monoisotopic (exact) mass is 296 g/mol. The molecule has 1 aliphatic rings. The molecule has 0 aliphatic heterocycles. The quantitative estimate of drug-likeness (QED) is 0.830. The molecule has 0 spiro atoms. The summed E-state index contributed by atoms with van der Waals surface area (Å²) >= 11 is 0. The number of aromatic nitrogens is 2. The van der Waals surface area contributed by atoms with E-state index in [9.17, 15) is 13.2 Å². The predicted molar refractivity (Wildman–Crippen MR) is 71.9 cm³/mol. The van der Waals surface area contributed by atoms with Gasteiger partial charge < -0.3 is 4.74 Å². The number of rotatable bonds is 3. The minimum atomic E-state index is -4.70. The fourth-order valence-corrected chi connectivity index (χ4v) is 2.86. The second-order valence-corrected chi connectivity index (χ2v) is 5.14. The van der Waals surface area contributed by atoms with E-state index in [1.54, 1.807) is 24.4 Å². The largest absolute Gasteiger partial charge is 0.573 e. The molecule has 3 nitrogen and oxygen atoms in total. The van der Waals surface area contributed by atoms with Gasteiger partial charge in [-0.15, -0.1) is 13.2 Å². The Balaban J connectivity index is 1.99. The number of hydrogen-bond donors (Lipinski definition) is 0. The van der Waals surface area contributed by atoms with Crippen LogP contribution in [0, 0.1) is 0 Å². The lowest BCUT2D eigenvalue weighted by Crippen LogP contribution is -2.18. The molecule has 0 saturated heterocycles. The van der Waals surface area contributed by atoms with Gasteiger partial charge in [-0.25, -0.2) is 0 Å². The summed E-state index contributed by atoms with van der Waals surface area (Å²) in [6.45, 7) is 0. The SMILES string of the molecule is FC(F)(F)Oc1ccccc1-c1ccnn1C1CCCC1. The zero-order chi connectivity index (χ0) is 14.9. The summed E-state index contributed by atoms with van der Waals surface area (Å²) in [4.78, 5) is 0. The number of hydrogen-bond acceptors (Lipinski definition) is 2. The van der Waals surface area contributed by atoms with Gasteiger partial charge in [-0.3, -0.25) is 4.68 Å². The minimum Gasteiger partial charge on any atom is -0.405 e. The molecule has 0 atom stereocenters. The highest BCUT2D eigenvalue weighted by Gasteiger charge is 2.32. The van der Waals surface area contributed by atoms with Crippen LogP contribution in [0.4, 0.5) is 13.2 Å². The van der Waals surface area contributed by atoms with Crippen LogP contribution in [0.5, 0.6) is 5.75 Å². The summed E-state index contributed by atoms with van der Waals surface area (Å²) in [7, 11) is 0. The molecule has 1 fully saturated rings. The van der Waals surface area contributed by atoms with Crippen molar-refractivity contribution in [1.82, 2.24) is 9.78 Å². The second-order valence-electron chi connectivity index (χ2n) is 5.14. The Labute approximate surface area is 120 Å². The standard InChI is InChI=1S/C15H15F3N2O/c16-15(17,18)21-14-8-4-3-7-12(14)13-9-10-19-20(13)11-5-1-2-6-11/h3-4,7-11H,1-2,5-6H2. The van der Waals surface area contributed by atoms with Gasteiger partial charge in [0, 0.05) is 11.8 Å². The first-order chi connectivity index (χ1) is 10.0. The third-order valence-corrected chi connectivity index (χ3v) is 3.73. The molecule has 2 aromatic rings. The molecular weight excluding hydrogens is 281 g/mol. The molecule has 1 aromatic carbocycles. The van der Waals surface area contributed by atoms with E-state index in [1.807, 2.05) is 4.68 Å². The molecule has 0 radical (unpaired) electrons. The summed E-state index contributed by atoms with van der Waals surface area (Å²) in [5, 5.41) is 4.29. The molecule has 0 N–H and O–H groups in total. The Bertz CT molecular complexity index is 615. The maximum absolute atomic E-state index is 12.5. The van der Waals surface area contributed by atoms with Crippen LogP contribution in [0.1, 0.15) is 31.7 Å². The van der Waals surface area contributed by atoms with Crippen molar-refractivity contribution in [2.75, 3.05) is 0 Å². The van der Waals surface area contributed by atoms with Gasteiger partial charge >= 0.3 is 6.36 Å². The predicted octanol–water partition coefficient (Wildman–Crippen LogP) is 4.56. The molecule has 112 valence electrons. The summed E-state index contributed by atoms with van der Waals surface area (Å²) < 4.78 is 43.5. The van der Waals surface area contributed by atoms with Crippen LogP contribution in [0.2, 0.25) is 0 Å². The molecule has 1 aromatic heterocycles. The van der Waals surface area contributed by atoms with E-state index in [1.165, 1.54) is 12.1 Å². The molecule has 3 rings (SSSR count). The second kappa shape index (κ2) is 5.42. The topological polar surface area (TPSA) is 27.1 Å². The van der Waals surface area contributed by atoms with E-state index in [-0.39, 0.29) is 11.8 Å². The third-order valence-electron chi connectivity index (χ3n) is 3.73. The number of para-hydroxylation sites is 1. The number of ether oxygens (including phenoxy) is 1. The summed E-state index contributed by atoms with van der Waals surface area (Å²) in [5.41, 5.74) is 1.08. The van der Waals surface area contributed by atoms with Gasteiger partial charge in [-0.1, -0.05) is 25.0 Å². The van der Waals surface area contributed by atoms with Gasteiger partial charge in [-0.2, -0.15) is 5.10 Å². The molecule has 1 heterocycles. The maximum Gasteiger partial charge on any atom is 0.573 e. The molecule has 21 heavy (non-hydrogen) atoms. The summed E-state index contributed by atoms with van der Waals surface area (Å²) in [5.74, 6) is -0.190. The fourth-order valence-electron chi connectivity index (χ4n) is 2.86. The van der Waals surface area contributed by atoms with E-state index in [4.69, 9.17) is 0 Å². The highest BCUT2D eigenvalue weighted by Crippen LogP contribution is 2.37. The molecule has 1 aliphatic carbocycles. The highest BCUT2D eigenvalue weighted by atomic mass is 19.4. The van der Waals surface area contributed by atoms with E-state index in [2.05, 4.69) is 9.84 Å². The van der Waals surface area contributed by atoms with Gasteiger partial charge in [0.15, 0.2) is 0 Å². The lowest BCUT2D eigenvalue weighted by molar-refractivity contribution is -0.274. The van der Waals surface area contributed by atoms with Crippen molar-refractivity contribution in [3.63, 3.8) is 0 Å². The van der Waals surface area contributed by atoms with Gasteiger partial charge in [0.05, 0.1) is 11.7 Å². The molecule has 0 bridgehead atoms. The lowest BCUT2D eigenvalue weighted by atomic mass is 10.1. The van der Waals surface area contributed by atoms with Crippen LogP contribution in [0.3, 0.4) is 0 Å². The van der Waals surface area contributed by atoms with E-state index in [0.29, 0.717) is 11.3 Å². The van der Waals surface area contributed by atoms with Crippen LogP contribution < -0.4 is 4.74 Å². The van der Waals surface area contributed by atoms with Crippen LogP contribution in [-0.2, 0) is 0 Å². The Hall–Kier alpha value is -1.98. The van der Waals surface area contributed by atoms with Crippen molar-refractivity contribution in [1.29, 1.82) is 0 Å². The van der Waals surface area contributed by atoms with Crippen LogP contribution in [0.25, 0.3) is 11.3 Å². The van der Waals surface area contributed by atoms with Crippen LogP contribution in [0.15, 0.2) is 36.5 Å². The zero-order valence-electron chi connectivity index (χ0n) is 11.3. The van der Waals surface area contributed by atoms with Crippen molar-refractivity contribution in [2.45, 2.75) is 38.1 Å². The van der Waals surface area contributed by atoms with E-state index >= 15 is 0 Å². The van der Waals surface area contributed by atoms with Crippen molar-refractivity contribution in [3.8, 4) is 17.0 Å². The van der Waals surface area contributed by atoms with Crippen molar-refractivity contribution < 1.29 is 17.9 Å². The average molecular weight is 296 g/mol. The fraction of sp³-hybridized carbons (Fsp3) is 0.400. The molecular formula is C15H15F3N2O. The van der Waals surface area contributed by atoms with Crippen LogP contribution >= 0.6 is 0 Å². The first-order valence-electron chi connectivity index (χ1n) is 6.93. The molecule has 0 amide bonds. The minimum absolute atomic E-state index is 0.190. The van der Waals surface area contributed by atoms with E-state index < -0.39 is 6.36 Å². The van der Waals surface area contributed by atoms with Crippen molar-refractivity contribution in [3.05, 3.63) is 36.5 Å². The molecule has 6 heteroatoms. The molecule has 1 saturated carbocycles. The highest BCUT2D eigenvalue weighted by molar-refractivity contribution is 5.67. The first-order valence-corrected chi connectivity index (χ1v) is 6.93. The number of halogens is 3. The van der Waals surface area contributed by atoms with Crippen molar-refractivity contribution in [2.24, 2.45) is 0 Å². The number of nitrogens with zero attached hydrogens (tertiary/aromatic N) is 2. The Morgan fingerprint density at radius 2 is 1.81 bits per heavy atom. The number of alkyl halides is 3. The summed E-state index contributed by atoms with van der Waals surface area (Å²) in [6.07, 6.45) is 1.20. The molecule has 0 unspecified atom stereocenters. The first kappa shape index (κ1) is 14.0. The van der Waals surface area contributed by atoms with Gasteiger partial charge in [-0.05, 0) is 31.0 Å². The summed E-state index contributed by atoms with van der Waals surface area (Å²) in [6, 6.07) is 8.18. The van der Waals surface area contributed by atoms with Crippen molar-refractivity contribution >= 4 is 0 Å². The third kappa shape index (κ3) is 3.04. The Morgan fingerprint density at radius 1 is 1.10 bits per heavy atom.